The lowest BCUT2D eigenvalue weighted by molar-refractivity contribution is 0.470. The van der Waals surface area contributed by atoms with Crippen LogP contribution in [0.1, 0.15) is 16.5 Å². The molecule has 1 aliphatic heterocycles. The molecule has 5 heteroatoms. The van der Waals surface area contributed by atoms with Crippen molar-refractivity contribution in [3.05, 3.63) is 58.0 Å². The lowest BCUT2D eigenvalue weighted by Gasteiger charge is -2.07. The number of nitrogens with one attached hydrogen (secondary N) is 2. The van der Waals surface area contributed by atoms with Crippen molar-refractivity contribution in [1.82, 2.24) is 10.9 Å². The standard InChI is InChI=1S/C13H11FN2OS/c14-8-3-4-12(17)9(6-8)10-7-11(16-15-10)13-2-1-5-18-13/h1-7,11,15-17H. The van der Waals surface area contributed by atoms with E-state index in [-0.39, 0.29) is 17.6 Å². The van der Waals surface area contributed by atoms with Crippen LogP contribution in [-0.2, 0) is 0 Å². The number of hydrogen-bond acceptors (Lipinski definition) is 4. The van der Waals surface area contributed by atoms with E-state index in [2.05, 4.69) is 10.9 Å². The summed E-state index contributed by atoms with van der Waals surface area (Å²) < 4.78 is 13.2. The van der Waals surface area contributed by atoms with Crippen molar-refractivity contribution in [1.29, 1.82) is 0 Å². The maximum absolute atomic E-state index is 13.2. The molecule has 0 saturated carbocycles. The number of benzene rings is 1. The van der Waals surface area contributed by atoms with Crippen molar-refractivity contribution in [2.45, 2.75) is 6.04 Å². The fourth-order valence-electron chi connectivity index (χ4n) is 1.91. The highest BCUT2D eigenvalue weighted by molar-refractivity contribution is 7.10. The van der Waals surface area contributed by atoms with Gasteiger partial charge in [0.25, 0.3) is 0 Å². The van der Waals surface area contributed by atoms with Gasteiger partial charge in [0.1, 0.15) is 11.6 Å². The summed E-state index contributed by atoms with van der Waals surface area (Å²) in [6, 6.07) is 7.95. The molecule has 3 nitrogen and oxygen atoms in total. The van der Waals surface area contributed by atoms with Crippen molar-refractivity contribution in [2.75, 3.05) is 0 Å². The summed E-state index contributed by atoms with van der Waals surface area (Å²) >= 11 is 1.64. The van der Waals surface area contributed by atoms with Crippen molar-refractivity contribution >= 4 is 17.0 Å². The number of hydrogen-bond donors (Lipinski definition) is 3. The molecule has 0 aliphatic carbocycles. The average molecular weight is 262 g/mol. The minimum absolute atomic E-state index is 0.0441. The van der Waals surface area contributed by atoms with Gasteiger partial charge in [-0.25, -0.2) is 9.82 Å². The second-order valence-corrected chi connectivity index (χ2v) is 4.98. The third-order valence-electron chi connectivity index (χ3n) is 2.79. The third-order valence-corrected chi connectivity index (χ3v) is 3.75. The lowest BCUT2D eigenvalue weighted by atomic mass is 10.1. The van der Waals surface area contributed by atoms with Gasteiger partial charge in [0.2, 0.25) is 0 Å². The number of hydrazine groups is 1. The molecular formula is C13H11FN2OS. The SMILES string of the molecule is Oc1ccc(F)cc1C1=CC(c2cccs2)NN1. The Balaban J connectivity index is 1.94. The van der Waals surface area contributed by atoms with E-state index in [0.29, 0.717) is 11.3 Å². The van der Waals surface area contributed by atoms with E-state index in [1.807, 2.05) is 23.6 Å². The number of phenols is 1. The molecule has 0 fully saturated rings. The van der Waals surface area contributed by atoms with Gasteiger partial charge in [-0.3, -0.25) is 0 Å². The first-order valence-electron chi connectivity index (χ1n) is 5.50. The fraction of sp³-hybridized carbons (Fsp3) is 0.0769. The van der Waals surface area contributed by atoms with Gasteiger partial charge < -0.3 is 10.5 Å². The fourth-order valence-corrected chi connectivity index (χ4v) is 2.65. The molecule has 1 aromatic heterocycles. The molecule has 3 rings (SSSR count). The largest absolute Gasteiger partial charge is 0.507 e. The Kier molecular flexibility index (Phi) is 2.77. The molecule has 0 saturated heterocycles. The van der Waals surface area contributed by atoms with Crippen LogP contribution >= 0.6 is 11.3 Å². The van der Waals surface area contributed by atoms with Crippen LogP contribution in [0.25, 0.3) is 5.70 Å². The summed E-state index contributed by atoms with van der Waals surface area (Å²) in [6.45, 7) is 0. The van der Waals surface area contributed by atoms with Crippen molar-refractivity contribution in [2.24, 2.45) is 0 Å². The molecule has 1 aliphatic rings. The molecule has 0 radical (unpaired) electrons. The van der Waals surface area contributed by atoms with Gasteiger partial charge in [-0.05, 0) is 35.7 Å². The smallest absolute Gasteiger partial charge is 0.125 e. The molecule has 1 atom stereocenters. The van der Waals surface area contributed by atoms with Gasteiger partial charge in [-0.15, -0.1) is 11.3 Å². The molecule has 0 spiro atoms. The Morgan fingerprint density at radius 3 is 2.94 bits per heavy atom. The Bertz CT molecular complexity index is 595. The van der Waals surface area contributed by atoms with Crippen molar-refractivity contribution in [3.63, 3.8) is 0 Å². The summed E-state index contributed by atoms with van der Waals surface area (Å²) in [7, 11) is 0. The Morgan fingerprint density at radius 2 is 2.17 bits per heavy atom. The predicted molar refractivity (Wildman–Crippen MR) is 69.4 cm³/mol. The molecule has 2 aromatic rings. The Morgan fingerprint density at radius 1 is 1.28 bits per heavy atom. The molecule has 18 heavy (non-hydrogen) atoms. The summed E-state index contributed by atoms with van der Waals surface area (Å²) in [4.78, 5) is 1.16. The van der Waals surface area contributed by atoms with Crippen LogP contribution in [0, 0.1) is 5.82 Å². The maximum atomic E-state index is 13.2. The minimum atomic E-state index is -0.370. The van der Waals surface area contributed by atoms with E-state index < -0.39 is 0 Å². The first-order chi connectivity index (χ1) is 8.74. The molecule has 1 unspecified atom stereocenters. The number of rotatable bonds is 2. The van der Waals surface area contributed by atoms with E-state index in [4.69, 9.17) is 0 Å². The summed E-state index contributed by atoms with van der Waals surface area (Å²) in [5.41, 5.74) is 7.20. The second kappa shape index (κ2) is 4.44. The van der Waals surface area contributed by atoms with Gasteiger partial charge in [0.15, 0.2) is 0 Å². The van der Waals surface area contributed by atoms with Crippen LogP contribution < -0.4 is 10.9 Å². The zero-order valence-corrected chi connectivity index (χ0v) is 10.2. The minimum Gasteiger partial charge on any atom is -0.507 e. The first-order valence-corrected chi connectivity index (χ1v) is 6.37. The quantitative estimate of drug-likeness (QED) is 0.779. The highest BCUT2D eigenvalue weighted by atomic mass is 32.1. The average Bonchev–Trinajstić information content (AvgIpc) is 3.00. The van der Waals surface area contributed by atoms with E-state index >= 15 is 0 Å². The van der Waals surface area contributed by atoms with Crippen LogP contribution in [0.4, 0.5) is 4.39 Å². The first kappa shape index (κ1) is 11.3. The third kappa shape index (κ3) is 1.98. The van der Waals surface area contributed by atoms with E-state index in [0.717, 1.165) is 4.88 Å². The number of aromatic hydroxyl groups is 1. The molecule has 3 N–H and O–H groups in total. The van der Waals surface area contributed by atoms with Gasteiger partial charge in [0.05, 0.1) is 11.7 Å². The van der Waals surface area contributed by atoms with E-state index in [9.17, 15) is 9.50 Å². The van der Waals surface area contributed by atoms with Gasteiger partial charge >= 0.3 is 0 Å². The highest BCUT2D eigenvalue weighted by Gasteiger charge is 2.20. The zero-order valence-electron chi connectivity index (χ0n) is 9.35. The van der Waals surface area contributed by atoms with Gasteiger partial charge in [-0.2, -0.15) is 0 Å². The summed E-state index contributed by atoms with van der Waals surface area (Å²) in [5.74, 6) is -0.311. The Hall–Kier alpha value is -1.85. The van der Waals surface area contributed by atoms with Crippen LogP contribution in [0.2, 0.25) is 0 Å². The van der Waals surface area contributed by atoms with Crippen LogP contribution in [0.15, 0.2) is 41.8 Å². The Labute approximate surface area is 108 Å². The van der Waals surface area contributed by atoms with E-state index in [1.54, 1.807) is 11.3 Å². The summed E-state index contributed by atoms with van der Waals surface area (Å²) in [6.07, 6.45) is 1.93. The van der Waals surface area contributed by atoms with Crippen LogP contribution in [0.5, 0.6) is 5.75 Å². The van der Waals surface area contributed by atoms with E-state index in [1.165, 1.54) is 18.2 Å². The van der Waals surface area contributed by atoms with Crippen LogP contribution in [0.3, 0.4) is 0 Å². The lowest BCUT2D eigenvalue weighted by Crippen LogP contribution is -2.25. The van der Waals surface area contributed by atoms with Crippen molar-refractivity contribution in [3.8, 4) is 5.75 Å². The van der Waals surface area contributed by atoms with Gasteiger partial charge in [0, 0.05) is 10.4 Å². The highest BCUT2D eigenvalue weighted by Crippen LogP contribution is 2.31. The predicted octanol–water partition coefficient (Wildman–Crippen LogP) is 2.78. The summed E-state index contributed by atoms with van der Waals surface area (Å²) in [5, 5.41) is 11.7. The monoisotopic (exact) mass is 262 g/mol. The topological polar surface area (TPSA) is 44.3 Å². The molecular weight excluding hydrogens is 251 g/mol. The second-order valence-electron chi connectivity index (χ2n) is 4.00. The normalized spacial score (nSPS) is 18.5. The molecule has 2 heterocycles. The van der Waals surface area contributed by atoms with Crippen LogP contribution in [-0.4, -0.2) is 5.11 Å². The maximum Gasteiger partial charge on any atom is 0.125 e. The molecule has 1 aromatic carbocycles. The zero-order chi connectivity index (χ0) is 12.5. The van der Waals surface area contributed by atoms with Crippen molar-refractivity contribution < 1.29 is 9.50 Å². The number of phenolic OH excluding ortho intramolecular Hbond substituents is 1. The molecule has 92 valence electrons. The molecule has 0 amide bonds. The van der Waals surface area contributed by atoms with Gasteiger partial charge in [-0.1, -0.05) is 6.07 Å². The number of thiophene rings is 1. The molecule has 0 bridgehead atoms. The number of halogens is 1.